The molecule has 302 valence electrons. The minimum absolute atomic E-state index is 0.110. The zero-order chi connectivity index (χ0) is 41.4. The molecule has 3 atom stereocenters. The summed E-state index contributed by atoms with van der Waals surface area (Å²) >= 11 is 0. The van der Waals surface area contributed by atoms with Crippen molar-refractivity contribution in [2.24, 2.45) is 11.8 Å². The first kappa shape index (κ1) is 42.4. The van der Waals surface area contributed by atoms with E-state index in [9.17, 15) is 45.8 Å². The van der Waals surface area contributed by atoms with Crippen LogP contribution in [0.4, 0.5) is 35.1 Å². The Hall–Kier alpha value is -4.71. The van der Waals surface area contributed by atoms with Crippen LogP contribution in [0.5, 0.6) is 0 Å². The number of aromatic nitrogens is 1. The number of aliphatic carboxylic acids is 1. The molecule has 2 aliphatic rings. The lowest BCUT2D eigenvalue weighted by molar-refractivity contribution is -0.139. The number of pyridine rings is 1. The molecule has 1 amide bonds. The van der Waals surface area contributed by atoms with E-state index in [2.05, 4.69) is 17.2 Å². The highest BCUT2D eigenvalue weighted by Crippen LogP contribution is 2.49. The fourth-order valence-electron chi connectivity index (χ4n) is 7.75. The van der Waals surface area contributed by atoms with Gasteiger partial charge in [-0.25, -0.2) is 22.0 Å². The van der Waals surface area contributed by atoms with E-state index in [1.165, 1.54) is 20.8 Å². The number of nitrogens with one attached hydrogen (secondary N) is 1. The third-order valence-electron chi connectivity index (χ3n) is 10.5. The Morgan fingerprint density at radius 1 is 1.02 bits per heavy atom. The molecule has 7 nitrogen and oxygen atoms in total. The number of carbonyl (C=O) groups is 2. The number of carboxylic acid groups (broad SMARTS) is 1. The molecule has 1 aromatic heterocycles. The monoisotopic (exact) mass is 793 g/mol. The summed E-state index contributed by atoms with van der Waals surface area (Å²) in [7, 11) is 0. The number of hydrogen-bond donors (Lipinski definition) is 2. The van der Waals surface area contributed by atoms with E-state index in [1.54, 1.807) is 18.7 Å². The molecule has 0 spiro atoms. The second kappa shape index (κ2) is 16.4. The summed E-state index contributed by atoms with van der Waals surface area (Å²) in [5.41, 5.74) is -3.36. The van der Waals surface area contributed by atoms with Gasteiger partial charge in [0.25, 0.3) is 11.5 Å². The largest absolute Gasteiger partial charge is 0.481 e. The molecule has 56 heavy (non-hydrogen) atoms. The van der Waals surface area contributed by atoms with Crippen LogP contribution in [-0.4, -0.2) is 52.0 Å². The van der Waals surface area contributed by atoms with Gasteiger partial charge in [0.2, 0.25) is 5.91 Å². The van der Waals surface area contributed by atoms with Crippen LogP contribution >= 0.6 is 0 Å². The first-order chi connectivity index (χ1) is 26.1. The third-order valence-corrected chi connectivity index (χ3v) is 10.5. The van der Waals surface area contributed by atoms with E-state index in [0.717, 1.165) is 29.0 Å². The minimum atomic E-state index is -4.95. The van der Waals surface area contributed by atoms with Gasteiger partial charge in [0, 0.05) is 42.3 Å². The Balaban J connectivity index is 1.57. The van der Waals surface area contributed by atoms with Crippen molar-refractivity contribution in [2.75, 3.05) is 19.6 Å². The van der Waals surface area contributed by atoms with E-state index >= 15 is 8.78 Å². The number of hydrogen-bond acceptors (Lipinski definition) is 4. The van der Waals surface area contributed by atoms with Gasteiger partial charge < -0.3 is 19.9 Å². The van der Waals surface area contributed by atoms with Crippen molar-refractivity contribution in [1.82, 2.24) is 14.8 Å². The lowest BCUT2D eigenvalue weighted by Crippen LogP contribution is -2.41. The van der Waals surface area contributed by atoms with Crippen molar-refractivity contribution in [3.8, 4) is 23.0 Å². The molecular weight excluding hydrogens is 750 g/mol. The highest BCUT2D eigenvalue weighted by Gasteiger charge is 2.57. The topological polar surface area (TPSA) is 91.6 Å². The number of nitrogens with zero attached hydrogens (tertiary/aromatic N) is 2. The van der Waals surface area contributed by atoms with Gasteiger partial charge in [-0.3, -0.25) is 14.4 Å². The molecule has 15 heteroatoms. The van der Waals surface area contributed by atoms with Gasteiger partial charge in [0.1, 0.15) is 23.5 Å². The zero-order valence-corrected chi connectivity index (χ0v) is 31.5. The maximum Gasteiger partial charge on any atom is 0.416 e. The molecule has 3 aromatic rings. The highest BCUT2D eigenvalue weighted by atomic mass is 19.4. The predicted molar refractivity (Wildman–Crippen MR) is 193 cm³/mol. The highest BCUT2D eigenvalue weighted by molar-refractivity contribution is 5.82. The summed E-state index contributed by atoms with van der Waals surface area (Å²) in [5, 5.41) is 12.3. The second-order valence-electron chi connectivity index (χ2n) is 15.2. The maximum absolute atomic E-state index is 16.7. The molecule has 1 aliphatic heterocycles. The minimum Gasteiger partial charge on any atom is -0.481 e. The van der Waals surface area contributed by atoms with E-state index in [-0.39, 0.29) is 84.6 Å². The number of carboxylic acids is 1. The third kappa shape index (κ3) is 9.28. The molecule has 2 heterocycles. The Labute approximate surface area is 319 Å². The number of piperidine rings is 1. The van der Waals surface area contributed by atoms with Crippen molar-refractivity contribution < 1.29 is 49.8 Å². The lowest BCUT2D eigenvalue weighted by Gasteiger charge is -2.34. The summed E-state index contributed by atoms with van der Waals surface area (Å²) in [4.78, 5) is 41.7. The number of aryl methyl sites for hydroxylation is 2. The molecule has 1 aliphatic carbocycles. The Kier molecular flexibility index (Phi) is 12.4. The van der Waals surface area contributed by atoms with Crippen molar-refractivity contribution in [1.29, 1.82) is 0 Å². The molecule has 0 radical (unpaired) electrons. The summed E-state index contributed by atoms with van der Waals surface area (Å²) in [6.07, 6.45) is -5.10. The summed E-state index contributed by atoms with van der Waals surface area (Å²) in [6, 6.07) is 0.320. The SMILES string of the molecule is CC#Cc1cc(-c2c(C)cc(F)cc2C)c(F)c([C@@H](CC(=O)O)NC(=O)[C@@H](CC(C)C)n2cc(C3CCN(CC4CC4(F)F)CC3)c(C(F)(F)F)cc2=O)c1F. The van der Waals surface area contributed by atoms with Crippen molar-refractivity contribution in [3.63, 3.8) is 0 Å². The Bertz CT molecular complexity index is 2100. The standard InChI is InChI=1S/C41H43F8N3O4/c1-6-7-25-15-28(35-22(4)13-27(42)14-23(35)5)38(44)36(37(25)43)31(17-34(54)55)50-39(56)32(12-21(2)3)52-20-29(30(16-33(52)53)41(47,48)49)24-8-10-51(11-9-24)19-26-18-40(26,45)46/h13-16,20-21,24,26,31-32H,8-12,17-19H2,1-5H3,(H,50,56)(H,54,55)/t26?,31-,32-/m1/s1. The van der Waals surface area contributed by atoms with Crippen LogP contribution in [0.1, 0.15) is 104 Å². The van der Waals surface area contributed by atoms with Gasteiger partial charge in [-0.05, 0) is 105 Å². The van der Waals surface area contributed by atoms with Crippen LogP contribution in [0, 0.1) is 55.0 Å². The summed E-state index contributed by atoms with van der Waals surface area (Å²) < 4.78 is 118. The van der Waals surface area contributed by atoms with Crippen LogP contribution < -0.4 is 10.9 Å². The van der Waals surface area contributed by atoms with Gasteiger partial charge in [0.15, 0.2) is 0 Å². The molecular formula is C41H43F8N3O4. The van der Waals surface area contributed by atoms with Crippen molar-refractivity contribution in [2.45, 2.75) is 96.8 Å². The first-order valence-corrected chi connectivity index (χ1v) is 18.3. The van der Waals surface area contributed by atoms with Crippen LogP contribution in [0.15, 0.2) is 35.3 Å². The normalized spacial score (nSPS) is 18.3. The molecule has 1 unspecified atom stereocenters. The molecule has 1 saturated heterocycles. The predicted octanol–water partition coefficient (Wildman–Crippen LogP) is 8.69. The van der Waals surface area contributed by atoms with Crippen molar-refractivity contribution in [3.05, 3.63) is 91.6 Å². The van der Waals surface area contributed by atoms with Gasteiger partial charge >= 0.3 is 12.1 Å². The average molecular weight is 794 g/mol. The molecule has 2 aromatic carbocycles. The van der Waals surface area contributed by atoms with Crippen LogP contribution in [0.25, 0.3) is 11.1 Å². The van der Waals surface area contributed by atoms with Crippen LogP contribution in [0.2, 0.25) is 0 Å². The zero-order valence-electron chi connectivity index (χ0n) is 31.5. The Morgan fingerprint density at radius 3 is 2.14 bits per heavy atom. The Morgan fingerprint density at radius 2 is 1.62 bits per heavy atom. The molecule has 0 bridgehead atoms. The van der Waals surface area contributed by atoms with E-state index in [0.29, 0.717) is 6.07 Å². The number of carbonyl (C=O) groups excluding carboxylic acids is 1. The van der Waals surface area contributed by atoms with Crippen LogP contribution in [0.3, 0.4) is 0 Å². The summed E-state index contributed by atoms with van der Waals surface area (Å²) in [5.74, 6) is -5.42. The van der Waals surface area contributed by atoms with E-state index < -0.39 is 88.5 Å². The van der Waals surface area contributed by atoms with Gasteiger partial charge in [-0.15, -0.1) is 5.92 Å². The number of amides is 1. The van der Waals surface area contributed by atoms with Crippen LogP contribution in [-0.2, 0) is 15.8 Å². The lowest BCUT2D eigenvalue weighted by atomic mass is 9.87. The molecule has 5 rings (SSSR count). The quantitative estimate of drug-likeness (QED) is 0.142. The smallest absolute Gasteiger partial charge is 0.416 e. The number of halogens is 8. The van der Waals surface area contributed by atoms with Gasteiger partial charge in [0.05, 0.1) is 23.6 Å². The van der Waals surface area contributed by atoms with E-state index in [1.807, 2.05) is 0 Å². The van der Waals surface area contributed by atoms with Crippen molar-refractivity contribution >= 4 is 11.9 Å². The summed E-state index contributed by atoms with van der Waals surface area (Å²) in [6.45, 7) is 8.32. The fourth-order valence-corrected chi connectivity index (χ4v) is 7.75. The maximum atomic E-state index is 16.7. The molecule has 1 saturated carbocycles. The number of benzene rings is 2. The molecule has 2 fully saturated rings. The average Bonchev–Trinajstić information content (AvgIpc) is 3.69. The second-order valence-corrected chi connectivity index (χ2v) is 15.2. The number of alkyl halides is 5. The van der Waals surface area contributed by atoms with E-state index in [4.69, 9.17) is 0 Å². The fraction of sp³-hybridized carbons (Fsp3) is 0.488. The molecule has 2 N–H and O–H groups in total. The first-order valence-electron chi connectivity index (χ1n) is 18.3. The van der Waals surface area contributed by atoms with Gasteiger partial charge in [-0.1, -0.05) is 19.8 Å². The number of rotatable bonds is 12. The number of likely N-dealkylation sites (tertiary alicyclic amines) is 1. The van der Waals surface area contributed by atoms with Gasteiger partial charge in [-0.2, -0.15) is 13.2 Å².